The number of aromatic nitrogens is 15. The lowest BCUT2D eigenvalue weighted by molar-refractivity contribution is 0.0709. The topological polar surface area (TPSA) is 264 Å². The highest BCUT2D eigenvalue weighted by Gasteiger charge is 2.32. The summed E-state index contributed by atoms with van der Waals surface area (Å²) in [7, 11) is 1.56. The van der Waals surface area contributed by atoms with Gasteiger partial charge in [0.25, 0.3) is 29.5 Å². The standard InChI is InChI=1S/C24H29BrN4O.C23H27BrN4O.C22H27ClN4O2.C21H25ClN4O.C20H21IN4O/c1-3-4-14-28(24(30)18-12-11-17(2)20(25)15-18)16-22-27-21-10-7-13-26-23(21)29(22)19-8-5-6-9-19;1-16(2)14-27(23(29)17-7-5-8-18(24)13-17)15-21-26-20-11-6-12-25-22(20)28(21)19-9-3-4-10-19;1-5-11-27-20(25-18-7-6-10-24-21(18)27)14-26(13-15(2)3)22(28)16-8-9-19(29-4)17(23)12-16;1-4-11-25(21(27)16-9-8-15(3)17(22)13-16)14-19-24-18-7-6-10-23-20(18)26(19)12-5-2;1-3-11-24(20(26)15-7-5-8-16(21)13-15)14-18-23-17-9-6-10-22-19(17)25(18)12-4-2/h7,10-13,15,19H,3-6,8-9,14,16H2,1-2H3;5-8,11-13,16,19H,3-4,9-10,14-15H2,1-2H3;6-10,12,15H,5,11,13-14H2,1-4H3;6-10,13H,4-5,11-12,14H2,1-3H3;3,5-10,13H,1,4,11-12,14H2,2H3. The molecule has 26 nitrogen and oxygen atoms in total. The summed E-state index contributed by atoms with van der Waals surface area (Å²) in [4.78, 5) is 122. The number of unbranched alkanes of at least 4 members (excludes halogenated alkanes) is 1. The molecule has 2 fully saturated rings. The molecule has 17 rings (SSSR count). The Hall–Kier alpha value is -11.6. The maximum atomic E-state index is 13.4. The molecule has 10 aromatic heterocycles. The molecular formula is C110H129Br2Cl2IN20O6. The van der Waals surface area contributed by atoms with E-state index in [0.717, 1.165) is 199 Å². The summed E-state index contributed by atoms with van der Waals surface area (Å²) in [6, 6.07) is 51.9. The molecule has 740 valence electrons. The lowest BCUT2D eigenvalue weighted by Crippen LogP contribution is -2.35. The van der Waals surface area contributed by atoms with E-state index in [1.165, 1.54) is 25.7 Å². The zero-order valence-electron chi connectivity index (χ0n) is 82.9. The van der Waals surface area contributed by atoms with Gasteiger partial charge in [-0.15, -0.1) is 6.58 Å². The van der Waals surface area contributed by atoms with Gasteiger partial charge in [-0.25, -0.2) is 49.8 Å². The number of fused-ring (bicyclic) bond motifs is 5. The van der Waals surface area contributed by atoms with E-state index >= 15 is 0 Å². The summed E-state index contributed by atoms with van der Waals surface area (Å²) in [5.74, 6) is 5.65. The second kappa shape index (κ2) is 51.9. The smallest absolute Gasteiger partial charge is 0.254 e. The van der Waals surface area contributed by atoms with Crippen molar-refractivity contribution in [2.24, 2.45) is 11.8 Å². The van der Waals surface area contributed by atoms with Gasteiger partial charge < -0.3 is 52.1 Å². The minimum Gasteiger partial charge on any atom is -0.495 e. The van der Waals surface area contributed by atoms with Crippen LogP contribution in [-0.4, -0.2) is 167 Å². The van der Waals surface area contributed by atoms with E-state index in [0.29, 0.717) is 126 Å². The zero-order chi connectivity index (χ0) is 100. The van der Waals surface area contributed by atoms with Crippen molar-refractivity contribution in [3.05, 3.63) is 298 Å². The fourth-order valence-electron chi connectivity index (χ4n) is 18.1. The number of halogens is 5. The van der Waals surface area contributed by atoms with Crippen LogP contribution in [0.2, 0.25) is 10.0 Å². The van der Waals surface area contributed by atoms with Gasteiger partial charge in [0.1, 0.15) is 62.5 Å². The number of carbonyl (C=O) groups is 5. The Balaban J connectivity index is 0.000000148. The van der Waals surface area contributed by atoms with Crippen LogP contribution in [-0.2, 0) is 52.4 Å². The van der Waals surface area contributed by atoms with Crippen molar-refractivity contribution in [2.75, 3.05) is 39.8 Å². The Labute approximate surface area is 868 Å². The van der Waals surface area contributed by atoms with Crippen LogP contribution in [0.5, 0.6) is 5.75 Å². The normalized spacial score (nSPS) is 12.6. The van der Waals surface area contributed by atoms with Crippen LogP contribution in [0, 0.1) is 29.3 Å². The fourth-order valence-corrected chi connectivity index (χ4v) is 19.9. The number of ether oxygens (including phenoxy) is 1. The zero-order valence-corrected chi connectivity index (χ0v) is 89.8. The van der Waals surface area contributed by atoms with E-state index in [1.807, 2.05) is 185 Å². The van der Waals surface area contributed by atoms with Crippen LogP contribution in [0.25, 0.3) is 55.8 Å². The molecule has 2 aliphatic rings. The van der Waals surface area contributed by atoms with E-state index in [-0.39, 0.29) is 29.5 Å². The molecule has 10 heterocycles. The van der Waals surface area contributed by atoms with E-state index < -0.39 is 0 Å². The van der Waals surface area contributed by atoms with Crippen molar-refractivity contribution in [3.63, 3.8) is 0 Å². The maximum absolute atomic E-state index is 13.4. The molecule has 0 N–H and O–H groups in total. The van der Waals surface area contributed by atoms with Crippen molar-refractivity contribution >= 4 is 163 Å². The lowest BCUT2D eigenvalue weighted by atomic mass is 10.1. The van der Waals surface area contributed by atoms with Crippen LogP contribution in [0.15, 0.2) is 216 Å². The first-order valence-corrected chi connectivity index (χ1v) is 52.6. The quantitative estimate of drug-likeness (QED) is 0.0264. The number of hydrogen-bond donors (Lipinski definition) is 0. The molecule has 2 aliphatic carbocycles. The summed E-state index contributed by atoms with van der Waals surface area (Å²) in [6.07, 6.45) is 26.1. The van der Waals surface area contributed by atoms with Crippen LogP contribution in [0.1, 0.15) is 256 Å². The summed E-state index contributed by atoms with van der Waals surface area (Å²) in [5, 5.41) is 1.03. The van der Waals surface area contributed by atoms with Crippen LogP contribution in [0.4, 0.5) is 0 Å². The third-order valence-corrected chi connectivity index (χ3v) is 27.5. The number of hydrogen-bond acceptors (Lipinski definition) is 16. The van der Waals surface area contributed by atoms with Crippen molar-refractivity contribution < 1.29 is 28.7 Å². The van der Waals surface area contributed by atoms with Crippen LogP contribution < -0.4 is 4.74 Å². The van der Waals surface area contributed by atoms with Gasteiger partial charge in [0.05, 0.1) is 44.9 Å². The molecule has 0 spiro atoms. The van der Waals surface area contributed by atoms with E-state index in [1.54, 1.807) is 60.9 Å². The minimum absolute atomic E-state index is 0.0218. The van der Waals surface area contributed by atoms with Gasteiger partial charge in [-0.05, 0) is 257 Å². The average Bonchev–Trinajstić information content (AvgIpc) is 1.63. The molecule has 0 bridgehead atoms. The first kappa shape index (κ1) is 107. The van der Waals surface area contributed by atoms with Gasteiger partial charge in [-0.1, -0.05) is 180 Å². The summed E-state index contributed by atoms with van der Waals surface area (Å²) in [5.41, 5.74) is 14.2. The second-order valence-corrected chi connectivity index (χ2v) is 40.5. The Kier molecular flexibility index (Phi) is 39.2. The molecule has 0 atom stereocenters. The van der Waals surface area contributed by atoms with Crippen molar-refractivity contribution in [1.29, 1.82) is 0 Å². The molecule has 5 amide bonds. The number of carbonyl (C=O) groups excluding carboxylic acids is 5. The predicted octanol–water partition coefficient (Wildman–Crippen LogP) is 25.6. The molecule has 0 aliphatic heterocycles. The Morgan fingerprint density at radius 1 is 0.426 bits per heavy atom. The predicted molar refractivity (Wildman–Crippen MR) is 579 cm³/mol. The molecule has 141 heavy (non-hydrogen) atoms. The third kappa shape index (κ3) is 27.4. The highest BCUT2D eigenvalue weighted by molar-refractivity contribution is 14.1. The number of amides is 5. The fraction of sp³-hybridized carbons (Fsp3) is 0.391. The highest BCUT2D eigenvalue weighted by atomic mass is 127. The van der Waals surface area contributed by atoms with Crippen LogP contribution in [0.3, 0.4) is 0 Å². The Morgan fingerprint density at radius 2 is 0.794 bits per heavy atom. The van der Waals surface area contributed by atoms with Gasteiger partial charge in [0, 0.05) is 141 Å². The summed E-state index contributed by atoms with van der Waals surface area (Å²) in [6.45, 7) is 34.7. The van der Waals surface area contributed by atoms with E-state index in [2.05, 4.69) is 171 Å². The Morgan fingerprint density at radius 3 is 1.21 bits per heavy atom. The van der Waals surface area contributed by atoms with Crippen LogP contribution >= 0.6 is 77.7 Å². The van der Waals surface area contributed by atoms with E-state index in [9.17, 15) is 24.0 Å². The Bertz CT molecular complexity index is 6800. The largest absolute Gasteiger partial charge is 0.495 e. The van der Waals surface area contributed by atoms with Gasteiger partial charge in [0.15, 0.2) is 28.2 Å². The molecule has 5 aromatic carbocycles. The number of methoxy groups -OCH3 is 1. The SMILES string of the molecule is C=CCN(Cc1nc2cccnc2n1CCC)C(=O)c1cccc(I)c1.CC(C)CN(Cc1nc2cccnc2n1C1CCCC1)C(=O)c1cccc(Br)c1.CCCCN(Cc1nc2cccnc2n1C1CCCC1)C(=O)c1ccc(C)c(Br)c1.CCCN(Cc1nc2cccnc2n1CCC)C(=O)c1ccc(C)c(Cl)c1.CCCn1c(CN(CC(C)C)C(=O)c2ccc(OC)c(Cl)c2)nc2cccnc21. The summed E-state index contributed by atoms with van der Waals surface area (Å²) >= 11 is 21.7. The van der Waals surface area contributed by atoms with Gasteiger partial charge >= 0.3 is 0 Å². The molecule has 2 saturated carbocycles. The highest BCUT2D eigenvalue weighted by Crippen LogP contribution is 2.37. The number of rotatable bonds is 35. The number of pyridine rings is 5. The van der Waals surface area contributed by atoms with Gasteiger partial charge in [-0.3, -0.25) is 24.0 Å². The van der Waals surface area contributed by atoms with Crippen molar-refractivity contribution in [3.8, 4) is 5.75 Å². The number of nitrogens with zero attached hydrogens (tertiary/aromatic N) is 20. The molecule has 0 unspecified atom stereocenters. The third-order valence-electron chi connectivity index (χ3n) is 24.8. The number of benzene rings is 5. The average molecular weight is 2180 g/mol. The monoisotopic (exact) mass is 2180 g/mol. The summed E-state index contributed by atoms with van der Waals surface area (Å²) < 4.78 is 19.0. The number of imidazole rings is 5. The first-order chi connectivity index (χ1) is 68.2. The molecule has 15 aromatic rings. The van der Waals surface area contributed by atoms with Crippen molar-refractivity contribution in [1.82, 2.24) is 97.2 Å². The lowest BCUT2D eigenvalue weighted by Gasteiger charge is -2.26. The van der Waals surface area contributed by atoms with Gasteiger partial charge in [-0.2, -0.15) is 0 Å². The molecule has 0 radical (unpaired) electrons. The maximum Gasteiger partial charge on any atom is 0.254 e. The van der Waals surface area contributed by atoms with Crippen molar-refractivity contribution in [2.45, 2.75) is 230 Å². The number of aryl methyl sites for hydroxylation is 5. The first-order valence-electron chi connectivity index (χ1n) is 49.2. The molecular weight excluding hydrogens is 2050 g/mol. The minimum atomic E-state index is -0.0775. The second-order valence-electron chi connectivity index (χ2n) is 36.7. The molecule has 0 saturated heterocycles. The van der Waals surface area contributed by atoms with E-state index in [4.69, 9.17) is 52.9 Å². The molecule has 31 heteroatoms. The van der Waals surface area contributed by atoms with Gasteiger partial charge in [0.2, 0.25) is 0 Å².